The van der Waals surface area contributed by atoms with Crippen LogP contribution in [0.5, 0.6) is 0 Å². The molecule has 1 fully saturated rings. The Morgan fingerprint density at radius 2 is 2.62 bits per heavy atom. The molecule has 3 nitrogen and oxygen atoms in total. The molecule has 1 aliphatic rings. The van der Waals surface area contributed by atoms with Crippen LogP contribution >= 0.6 is 27.3 Å². The Bertz CT molecular complexity index is 317. The van der Waals surface area contributed by atoms with Crippen molar-refractivity contribution in [3.63, 3.8) is 0 Å². The third kappa shape index (κ3) is 1.44. The molecule has 1 aliphatic heterocycles. The van der Waals surface area contributed by atoms with Crippen LogP contribution in [0.3, 0.4) is 0 Å². The van der Waals surface area contributed by atoms with Crippen LogP contribution in [0, 0.1) is 0 Å². The standard InChI is InChI=1S/C8H10BrNO2S/c1-5-8(11,2-3-12-5)6-7(9)10-4-13-6/h4-5,11H,2-3H2,1H3. The SMILES string of the molecule is CC1OCCC1(O)c1scnc1Br. The van der Waals surface area contributed by atoms with Crippen LogP contribution < -0.4 is 0 Å². The van der Waals surface area contributed by atoms with Gasteiger partial charge in [0.15, 0.2) is 0 Å². The number of rotatable bonds is 1. The summed E-state index contributed by atoms with van der Waals surface area (Å²) in [4.78, 5) is 4.93. The second-order valence-corrected chi connectivity index (χ2v) is 4.77. The van der Waals surface area contributed by atoms with Gasteiger partial charge >= 0.3 is 0 Å². The third-order valence-electron chi connectivity index (χ3n) is 2.44. The molecule has 0 spiro atoms. The van der Waals surface area contributed by atoms with Crippen LogP contribution in [0.1, 0.15) is 18.2 Å². The molecule has 1 aromatic rings. The maximum absolute atomic E-state index is 10.3. The number of nitrogens with zero attached hydrogens (tertiary/aromatic N) is 1. The molecule has 5 heteroatoms. The Labute approximate surface area is 88.9 Å². The minimum atomic E-state index is -0.847. The minimum Gasteiger partial charge on any atom is -0.381 e. The summed E-state index contributed by atoms with van der Waals surface area (Å²) >= 11 is 4.78. The summed E-state index contributed by atoms with van der Waals surface area (Å²) in [5.41, 5.74) is 0.877. The molecule has 0 saturated carbocycles. The number of halogens is 1. The molecule has 1 aromatic heterocycles. The Balaban J connectivity index is 2.39. The van der Waals surface area contributed by atoms with E-state index < -0.39 is 5.60 Å². The summed E-state index contributed by atoms with van der Waals surface area (Å²) in [6.07, 6.45) is 0.499. The van der Waals surface area contributed by atoms with Crippen molar-refractivity contribution in [2.75, 3.05) is 6.61 Å². The summed E-state index contributed by atoms with van der Waals surface area (Å²) in [5.74, 6) is 0. The van der Waals surface area contributed by atoms with Gasteiger partial charge in [-0.15, -0.1) is 11.3 Å². The monoisotopic (exact) mass is 263 g/mol. The van der Waals surface area contributed by atoms with Crippen LogP contribution in [-0.2, 0) is 10.3 Å². The molecule has 0 aliphatic carbocycles. The van der Waals surface area contributed by atoms with Gasteiger partial charge in [0.2, 0.25) is 0 Å². The van der Waals surface area contributed by atoms with Crippen LogP contribution in [0.25, 0.3) is 0 Å². The number of aromatic nitrogens is 1. The lowest BCUT2D eigenvalue weighted by Crippen LogP contribution is -2.32. The smallest absolute Gasteiger partial charge is 0.129 e. The molecule has 2 unspecified atom stereocenters. The number of aliphatic hydroxyl groups is 1. The molecule has 0 bridgehead atoms. The van der Waals surface area contributed by atoms with Crippen molar-refractivity contribution >= 4 is 27.3 Å². The highest BCUT2D eigenvalue weighted by atomic mass is 79.9. The van der Waals surface area contributed by atoms with E-state index >= 15 is 0 Å². The van der Waals surface area contributed by atoms with Crippen molar-refractivity contribution in [1.82, 2.24) is 4.98 Å². The van der Waals surface area contributed by atoms with Gasteiger partial charge in [-0.3, -0.25) is 0 Å². The van der Waals surface area contributed by atoms with Gasteiger partial charge in [-0.25, -0.2) is 4.98 Å². The average molecular weight is 264 g/mol. The first-order valence-corrected chi connectivity index (χ1v) is 5.75. The number of ether oxygens (including phenoxy) is 1. The van der Waals surface area contributed by atoms with Crippen molar-refractivity contribution in [2.24, 2.45) is 0 Å². The molecule has 13 heavy (non-hydrogen) atoms. The highest BCUT2D eigenvalue weighted by Gasteiger charge is 2.43. The summed E-state index contributed by atoms with van der Waals surface area (Å²) in [5, 5.41) is 10.3. The minimum absolute atomic E-state index is 0.149. The molecule has 2 heterocycles. The van der Waals surface area contributed by atoms with Gasteiger partial charge in [-0.2, -0.15) is 0 Å². The van der Waals surface area contributed by atoms with Crippen molar-refractivity contribution in [3.8, 4) is 0 Å². The largest absolute Gasteiger partial charge is 0.381 e. The molecule has 0 aromatic carbocycles. The van der Waals surface area contributed by atoms with Crippen LogP contribution in [0.4, 0.5) is 0 Å². The lowest BCUT2D eigenvalue weighted by atomic mass is 9.95. The van der Waals surface area contributed by atoms with E-state index in [1.807, 2.05) is 6.92 Å². The van der Waals surface area contributed by atoms with E-state index in [0.29, 0.717) is 13.0 Å². The van der Waals surface area contributed by atoms with Gasteiger partial charge in [0, 0.05) is 6.42 Å². The van der Waals surface area contributed by atoms with E-state index in [9.17, 15) is 5.11 Å². The zero-order valence-corrected chi connectivity index (χ0v) is 9.56. The number of thiazole rings is 1. The predicted molar refractivity (Wildman–Crippen MR) is 53.7 cm³/mol. The van der Waals surface area contributed by atoms with E-state index in [2.05, 4.69) is 20.9 Å². The van der Waals surface area contributed by atoms with Crippen molar-refractivity contribution in [1.29, 1.82) is 0 Å². The fraction of sp³-hybridized carbons (Fsp3) is 0.625. The van der Waals surface area contributed by atoms with Gasteiger partial charge in [-0.05, 0) is 22.9 Å². The second kappa shape index (κ2) is 3.31. The van der Waals surface area contributed by atoms with Crippen LogP contribution in [-0.4, -0.2) is 22.8 Å². The lowest BCUT2D eigenvalue weighted by Gasteiger charge is -2.24. The van der Waals surface area contributed by atoms with Gasteiger partial charge in [0.1, 0.15) is 10.2 Å². The normalized spacial score (nSPS) is 33.9. The predicted octanol–water partition coefficient (Wildman–Crippen LogP) is 1.90. The van der Waals surface area contributed by atoms with E-state index in [4.69, 9.17) is 4.74 Å². The summed E-state index contributed by atoms with van der Waals surface area (Å²) < 4.78 is 6.09. The van der Waals surface area contributed by atoms with Crippen molar-refractivity contribution in [2.45, 2.75) is 25.0 Å². The molecule has 1 saturated heterocycles. The molecular weight excluding hydrogens is 254 g/mol. The van der Waals surface area contributed by atoms with Crippen molar-refractivity contribution in [3.05, 3.63) is 15.0 Å². The molecule has 2 rings (SSSR count). The Morgan fingerprint density at radius 1 is 1.85 bits per heavy atom. The van der Waals surface area contributed by atoms with Gasteiger partial charge in [0.05, 0.1) is 23.1 Å². The maximum atomic E-state index is 10.3. The summed E-state index contributed by atoms with van der Waals surface area (Å²) in [6, 6.07) is 0. The Morgan fingerprint density at radius 3 is 3.08 bits per heavy atom. The Hall–Kier alpha value is 0.0300. The molecule has 0 radical (unpaired) electrons. The van der Waals surface area contributed by atoms with Crippen LogP contribution in [0.2, 0.25) is 0 Å². The first-order valence-electron chi connectivity index (χ1n) is 4.08. The first-order chi connectivity index (χ1) is 6.14. The van der Waals surface area contributed by atoms with E-state index in [1.165, 1.54) is 11.3 Å². The second-order valence-electron chi connectivity index (χ2n) is 3.16. The summed E-state index contributed by atoms with van der Waals surface area (Å²) in [7, 11) is 0. The number of hydrogen-bond acceptors (Lipinski definition) is 4. The molecule has 2 atom stereocenters. The van der Waals surface area contributed by atoms with Crippen LogP contribution in [0.15, 0.2) is 10.1 Å². The van der Waals surface area contributed by atoms with E-state index in [0.717, 1.165) is 9.48 Å². The van der Waals surface area contributed by atoms with Crippen molar-refractivity contribution < 1.29 is 9.84 Å². The lowest BCUT2D eigenvalue weighted by molar-refractivity contribution is -0.0297. The topological polar surface area (TPSA) is 42.4 Å². The zero-order chi connectivity index (χ0) is 9.47. The van der Waals surface area contributed by atoms with Gasteiger partial charge < -0.3 is 9.84 Å². The first kappa shape index (κ1) is 9.58. The van der Waals surface area contributed by atoms with E-state index in [-0.39, 0.29) is 6.10 Å². The summed E-state index contributed by atoms with van der Waals surface area (Å²) in [6.45, 7) is 2.50. The molecule has 0 amide bonds. The highest BCUT2D eigenvalue weighted by molar-refractivity contribution is 9.10. The van der Waals surface area contributed by atoms with Gasteiger partial charge in [-0.1, -0.05) is 0 Å². The third-order valence-corrected chi connectivity index (χ3v) is 4.30. The quantitative estimate of drug-likeness (QED) is 0.842. The number of hydrogen-bond donors (Lipinski definition) is 1. The zero-order valence-electron chi connectivity index (χ0n) is 7.16. The molecule has 72 valence electrons. The average Bonchev–Trinajstić information content (AvgIpc) is 2.62. The maximum Gasteiger partial charge on any atom is 0.129 e. The molecule has 1 N–H and O–H groups in total. The van der Waals surface area contributed by atoms with Gasteiger partial charge in [0.25, 0.3) is 0 Å². The Kier molecular flexibility index (Phi) is 2.44. The fourth-order valence-electron chi connectivity index (χ4n) is 1.54. The molecular formula is C8H10BrNO2S. The fourth-order valence-corrected chi connectivity index (χ4v) is 3.29. The van der Waals surface area contributed by atoms with E-state index in [1.54, 1.807) is 5.51 Å². The highest BCUT2D eigenvalue weighted by Crippen LogP contribution is 2.41.